The maximum Gasteiger partial charge on any atom is 0.407 e. The van der Waals surface area contributed by atoms with Gasteiger partial charge in [-0.25, -0.2) is 4.79 Å². The van der Waals surface area contributed by atoms with Crippen LogP contribution in [0.4, 0.5) is 4.79 Å². The van der Waals surface area contributed by atoms with Gasteiger partial charge in [0.15, 0.2) is 0 Å². The predicted molar refractivity (Wildman–Crippen MR) is 57.7 cm³/mol. The number of hydrogen-bond donors (Lipinski definition) is 2. The van der Waals surface area contributed by atoms with Crippen LogP contribution in [0.2, 0.25) is 0 Å². The van der Waals surface area contributed by atoms with E-state index in [1.165, 1.54) is 0 Å². The number of amides is 1. The monoisotopic (exact) mass is 215 g/mol. The minimum atomic E-state index is -0.446. The van der Waals surface area contributed by atoms with Gasteiger partial charge in [0.05, 0.1) is 5.60 Å². The van der Waals surface area contributed by atoms with E-state index < -0.39 is 11.2 Å². The zero-order valence-electron chi connectivity index (χ0n) is 9.80. The number of hydrogen-bond acceptors (Lipinski definition) is 3. The Morgan fingerprint density at radius 2 is 2.07 bits per heavy atom. The summed E-state index contributed by atoms with van der Waals surface area (Å²) < 4.78 is 5.07. The van der Waals surface area contributed by atoms with Gasteiger partial charge < -0.3 is 15.2 Å². The van der Waals surface area contributed by atoms with E-state index in [4.69, 9.17) is 4.74 Å². The van der Waals surface area contributed by atoms with Crippen molar-refractivity contribution < 1.29 is 14.6 Å². The van der Waals surface area contributed by atoms with Crippen molar-refractivity contribution in [1.82, 2.24) is 5.32 Å². The number of alkyl carbamates (subject to hydrolysis) is 1. The summed E-state index contributed by atoms with van der Waals surface area (Å²) >= 11 is 0. The van der Waals surface area contributed by atoms with E-state index >= 15 is 0 Å². The smallest absolute Gasteiger partial charge is 0.407 e. The van der Waals surface area contributed by atoms with Crippen molar-refractivity contribution in [2.24, 2.45) is 0 Å². The van der Waals surface area contributed by atoms with E-state index in [1.807, 2.05) is 20.8 Å². The third-order valence-electron chi connectivity index (χ3n) is 2.31. The Labute approximate surface area is 91.0 Å². The third kappa shape index (κ3) is 5.62. The Kier molecular flexibility index (Phi) is 3.60. The molecule has 1 amide bonds. The molecule has 1 saturated carbocycles. The molecule has 0 atom stereocenters. The molecule has 0 spiro atoms. The molecule has 0 unspecified atom stereocenters. The topological polar surface area (TPSA) is 58.6 Å². The van der Waals surface area contributed by atoms with Gasteiger partial charge in [-0.15, -0.1) is 0 Å². The Hall–Kier alpha value is -0.770. The Morgan fingerprint density at radius 1 is 1.47 bits per heavy atom. The van der Waals surface area contributed by atoms with Crippen LogP contribution in [0, 0.1) is 0 Å². The lowest BCUT2D eigenvalue weighted by Gasteiger charge is -2.19. The van der Waals surface area contributed by atoms with Crippen LogP contribution in [0.1, 0.15) is 46.5 Å². The zero-order valence-corrected chi connectivity index (χ0v) is 9.80. The fraction of sp³-hybridized carbons (Fsp3) is 0.909. The van der Waals surface area contributed by atoms with E-state index in [-0.39, 0.29) is 6.09 Å². The average Bonchev–Trinajstić information content (AvgIpc) is 2.75. The molecule has 2 N–H and O–H groups in total. The van der Waals surface area contributed by atoms with E-state index in [0.29, 0.717) is 6.54 Å². The lowest BCUT2D eigenvalue weighted by molar-refractivity contribution is 0.0522. The van der Waals surface area contributed by atoms with Gasteiger partial charge in [0.25, 0.3) is 0 Å². The molecule has 15 heavy (non-hydrogen) atoms. The maximum atomic E-state index is 11.2. The molecule has 0 radical (unpaired) electrons. The highest BCUT2D eigenvalue weighted by molar-refractivity contribution is 5.67. The van der Waals surface area contributed by atoms with E-state index in [9.17, 15) is 9.90 Å². The standard InChI is InChI=1S/C11H21NO3/c1-10(2,3)15-9(13)12-8-4-5-11(14)6-7-11/h14H,4-8H2,1-3H3,(H,12,13). The summed E-state index contributed by atoms with van der Waals surface area (Å²) in [4.78, 5) is 11.2. The third-order valence-corrected chi connectivity index (χ3v) is 2.31. The maximum absolute atomic E-state index is 11.2. The lowest BCUT2D eigenvalue weighted by atomic mass is 10.2. The highest BCUT2D eigenvalue weighted by Gasteiger charge is 2.39. The van der Waals surface area contributed by atoms with Gasteiger partial charge in [-0.1, -0.05) is 0 Å². The summed E-state index contributed by atoms with van der Waals surface area (Å²) in [6.07, 6.45) is 2.99. The molecule has 88 valence electrons. The van der Waals surface area contributed by atoms with E-state index in [0.717, 1.165) is 25.7 Å². The van der Waals surface area contributed by atoms with Crippen LogP contribution in [-0.2, 0) is 4.74 Å². The van der Waals surface area contributed by atoms with Crippen molar-refractivity contribution in [3.8, 4) is 0 Å². The summed E-state index contributed by atoms with van der Waals surface area (Å²) in [6.45, 7) is 6.07. The summed E-state index contributed by atoms with van der Waals surface area (Å²) in [5, 5.41) is 12.2. The number of carbonyl (C=O) groups excluding carboxylic acids is 1. The summed E-state index contributed by atoms with van der Waals surface area (Å²) in [7, 11) is 0. The van der Waals surface area contributed by atoms with Crippen molar-refractivity contribution in [3.05, 3.63) is 0 Å². The summed E-state index contributed by atoms with van der Waals surface area (Å²) in [6, 6.07) is 0. The number of ether oxygens (including phenoxy) is 1. The van der Waals surface area contributed by atoms with Gasteiger partial charge in [0, 0.05) is 6.54 Å². The van der Waals surface area contributed by atoms with E-state index in [1.54, 1.807) is 0 Å². The van der Waals surface area contributed by atoms with Crippen molar-refractivity contribution >= 4 is 6.09 Å². The van der Waals surface area contributed by atoms with Crippen molar-refractivity contribution in [2.45, 2.75) is 57.7 Å². The van der Waals surface area contributed by atoms with Gasteiger partial charge in [-0.05, 0) is 46.5 Å². The highest BCUT2D eigenvalue weighted by atomic mass is 16.6. The molecule has 4 heteroatoms. The first-order valence-electron chi connectivity index (χ1n) is 5.50. The number of carbonyl (C=O) groups is 1. The molecule has 0 heterocycles. The molecule has 0 aliphatic heterocycles. The molecule has 1 fully saturated rings. The molecule has 1 aliphatic carbocycles. The van der Waals surface area contributed by atoms with Gasteiger partial charge in [-0.2, -0.15) is 0 Å². The zero-order chi connectivity index (χ0) is 11.5. The minimum Gasteiger partial charge on any atom is -0.444 e. The second-order valence-corrected chi connectivity index (χ2v) is 5.26. The molecular weight excluding hydrogens is 194 g/mol. The van der Waals surface area contributed by atoms with Gasteiger partial charge in [-0.3, -0.25) is 0 Å². The van der Waals surface area contributed by atoms with Gasteiger partial charge in [0.2, 0.25) is 0 Å². The quantitative estimate of drug-likeness (QED) is 0.703. The first-order chi connectivity index (χ1) is 6.81. The molecule has 0 saturated heterocycles. The number of rotatable bonds is 4. The Balaban J connectivity index is 2.02. The Morgan fingerprint density at radius 3 is 2.53 bits per heavy atom. The molecule has 0 aromatic heterocycles. The van der Waals surface area contributed by atoms with Gasteiger partial charge >= 0.3 is 6.09 Å². The van der Waals surface area contributed by atoms with Crippen molar-refractivity contribution in [3.63, 3.8) is 0 Å². The van der Waals surface area contributed by atoms with Crippen LogP contribution in [0.3, 0.4) is 0 Å². The highest BCUT2D eigenvalue weighted by Crippen LogP contribution is 2.38. The second kappa shape index (κ2) is 4.39. The fourth-order valence-corrected chi connectivity index (χ4v) is 1.32. The summed E-state index contributed by atoms with van der Waals surface area (Å²) in [5.41, 5.74) is -0.867. The molecule has 1 aliphatic rings. The van der Waals surface area contributed by atoms with Crippen LogP contribution < -0.4 is 5.32 Å². The molecule has 1 rings (SSSR count). The molecular formula is C11H21NO3. The predicted octanol–water partition coefficient (Wildman–Crippen LogP) is 1.82. The Bertz CT molecular complexity index is 228. The van der Waals surface area contributed by atoms with Crippen LogP contribution in [-0.4, -0.2) is 28.9 Å². The number of aliphatic hydroxyl groups is 1. The SMILES string of the molecule is CC(C)(C)OC(=O)NCCCC1(O)CC1. The van der Waals surface area contributed by atoms with Crippen LogP contribution in [0.5, 0.6) is 0 Å². The van der Waals surface area contributed by atoms with E-state index in [2.05, 4.69) is 5.32 Å². The normalized spacial score (nSPS) is 18.4. The van der Waals surface area contributed by atoms with Crippen LogP contribution in [0.15, 0.2) is 0 Å². The summed E-state index contributed by atoms with van der Waals surface area (Å²) in [5.74, 6) is 0. The van der Waals surface area contributed by atoms with Crippen LogP contribution in [0.25, 0.3) is 0 Å². The van der Waals surface area contributed by atoms with Crippen molar-refractivity contribution in [1.29, 1.82) is 0 Å². The first-order valence-corrected chi connectivity index (χ1v) is 5.50. The van der Waals surface area contributed by atoms with Gasteiger partial charge in [0.1, 0.15) is 5.60 Å². The second-order valence-electron chi connectivity index (χ2n) is 5.26. The number of nitrogens with one attached hydrogen (secondary N) is 1. The lowest BCUT2D eigenvalue weighted by Crippen LogP contribution is -2.33. The molecule has 4 nitrogen and oxygen atoms in total. The first kappa shape index (κ1) is 12.3. The largest absolute Gasteiger partial charge is 0.444 e. The van der Waals surface area contributed by atoms with Crippen LogP contribution >= 0.6 is 0 Å². The molecule has 0 aromatic carbocycles. The molecule has 0 bridgehead atoms. The molecule has 0 aromatic rings. The average molecular weight is 215 g/mol. The van der Waals surface area contributed by atoms with Crippen molar-refractivity contribution in [2.75, 3.05) is 6.54 Å². The fourth-order valence-electron chi connectivity index (χ4n) is 1.32. The minimum absolute atomic E-state index is 0.384.